The van der Waals surface area contributed by atoms with Crippen molar-refractivity contribution in [2.45, 2.75) is 58.7 Å². The first kappa shape index (κ1) is 14.3. The third-order valence-electron chi connectivity index (χ3n) is 4.25. The molecule has 0 unspecified atom stereocenters. The number of likely N-dealkylation sites (tertiary alicyclic amines) is 1. The Morgan fingerprint density at radius 2 is 2.24 bits per heavy atom. The van der Waals surface area contributed by atoms with Gasteiger partial charge in [0.2, 0.25) is 0 Å². The van der Waals surface area contributed by atoms with E-state index >= 15 is 0 Å². The summed E-state index contributed by atoms with van der Waals surface area (Å²) in [6.07, 6.45) is 9.12. The van der Waals surface area contributed by atoms with Gasteiger partial charge in [-0.25, -0.2) is 0 Å². The topological polar surface area (TPSA) is 47.1 Å². The molecule has 3 heterocycles. The van der Waals surface area contributed by atoms with Crippen LogP contribution in [0.4, 0.5) is 0 Å². The van der Waals surface area contributed by atoms with Crippen molar-refractivity contribution in [3.05, 3.63) is 35.5 Å². The fourth-order valence-electron chi connectivity index (χ4n) is 3.13. The molecular weight excluding hydrogens is 264 g/mol. The average Bonchev–Trinajstić information content (AvgIpc) is 3.04. The van der Waals surface area contributed by atoms with Gasteiger partial charge in [0.1, 0.15) is 11.5 Å². The third-order valence-corrected chi connectivity index (χ3v) is 4.25. The van der Waals surface area contributed by atoms with Gasteiger partial charge in [-0.3, -0.25) is 9.58 Å². The number of rotatable bonds is 4. The van der Waals surface area contributed by atoms with Crippen LogP contribution in [0.25, 0.3) is 0 Å². The van der Waals surface area contributed by atoms with Gasteiger partial charge in [-0.05, 0) is 33.2 Å². The largest absolute Gasteiger partial charge is 0.361 e. The Bertz CT molecular complexity index is 574. The molecule has 0 radical (unpaired) electrons. The maximum absolute atomic E-state index is 5.29. The van der Waals surface area contributed by atoms with Crippen LogP contribution in [0.2, 0.25) is 0 Å². The molecule has 0 aliphatic carbocycles. The molecule has 0 N–H and O–H groups in total. The smallest absolute Gasteiger partial charge is 0.133 e. The summed E-state index contributed by atoms with van der Waals surface area (Å²) in [7, 11) is 0. The zero-order chi connectivity index (χ0) is 14.7. The standard InChI is InChI=1S/C16H24N4O/c1-3-20-12-14(10-17-20)11-19-8-6-4-5-7-16(19)15-9-13(2)21-18-15/h9-10,12,16H,3-8,11H2,1-2H3/t16-/m0/s1. The zero-order valence-corrected chi connectivity index (χ0v) is 13.0. The second-order valence-corrected chi connectivity index (χ2v) is 5.90. The van der Waals surface area contributed by atoms with E-state index in [0.717, 1.165) is 37.5 Å². The first-order valence-electron chi connectivity index (χ1n) is 7.95. The SMILES string of the molecule is CCn1cc(CN2CCCCC[C@H]2c2cc(C)on2)cn1. The molecule has 5 nitrogen and oxygen atoms in total. The number of hydrogen-bond donors (Lipinski definition) is 0. The van der Waals surface area contributed by atoms with Crippen LogP contribution in [0.15, 0.2) is 23.0 Å². The molecule has 0 saturated carbocycles. The molecule has 1 fully saturated rings. The summed E-state index contributed by atoms with van der Waals surface area (Å²) in [5.74, 6) is 0.896. The number of nitrogens with zero attached hydrogens (tertiary/aromatic N) is 4. The summed E-state index contributed by atoms with van der Waals surface area (Å²) in [4.78, 5) is 2.53. The molecule has 1 saturated heterocycles. The van der Waals surface area contributed by atoms with Crippen molar-refractivity contribution in [2.24, 2.45) is 0 Å². The van der Waals surface area contributed by atoms with Crippen LogP contribution < -0.4 is 0 Å². The molecule has 21 heavy (non-hydrogen) atoms. The predicted octanol–water partition coefficient (Wildman–Crippen LogP) is 3.32. The number of hydrogen-bond acceptors (Lipinski definition) is 4. The highest BCUT2D eigenvalue weighted by atomic mass is 16.5. The van der Waals surface area contributed by atoms with Gasteiger partial charge in [-0.2, -0.15) is 5.10 Å². The average molecular weight is 288 g/mol. The second-order valence-electron chi connectivity index (χ2n) is 5.90. The summed E-state index contributed by atoms with van der Waals surface area (Å²) in [6.45, 7) is 7.06. The first-order chi connectivity index (χ1) is 10.3. The quantitative estimate of drug-likeness (QED) is 0.866. The molecule has 3 rings (SSSR count). The summed E-state index contributed by atoms with van der Waals surface area (Å²) in [6, 6.07) is 2.45. The van der Waals surface area contributed by atoms with Crippen molar-refractivity contribution in [2.75, 3.05) is 6.54 Å². The maximum Gasteiger partial charge on any atom is 0.133 e. The highest BCUT2D eigenvalue weighted by Crippen LogP contribution is 2.30. The monoisotopic (exact) mass is 288 g/mol. The van der Waals surface area contributed by atoms with Gasteiger partial charge < -0.3 is 4.52 Å². The van der Waals surface area contributed by atoms with Gasteiger partial charge in [0.05, 0.1) is 12.2 Å². The molecule has 0 aromatic carbocycles. The molecule has 114 valence electrons. The van der Waals surface area contributed by atoms with Crippen LogP contribution >= 0.6 is 0 Å². The molecule has 0 amide bonds. The van der Waals surface area contributed by atoms with Crippen LogP contribution in [0.5, 0.6) is 0 Å². The summed E-state index contributed by atoms with van der Waals surface area (Å²) in [5, 5.41) is 8.64. The van der Waals surface area contributed by atoms with E-state index in [4.69, 9.17) is 4.52 Å². The summed E-state index contributed by atoms with van der Waals surface area (Å²) in [5.41, 5.74) is 2.36. The zero-order valence-electron chi connectivity index (χ0n) is 13.0. The lowest BCUT2D eigenvalue weighted by atomic mass is 10.1. The molecule has 0 spiro atoms. The fourth-order valence-corrected chi connectivity index (χ4v) is 3.13. The van der Waals surface area contributed by atoms with Crippen molar-refractivity contribution in [3.8, 4) is 0 Å². The van der Waals surface area contributed by atoms with Gasteiger partial charge in [0, 0.05) is 30.9 Å². The van der Waals surface area contributed by atoms with Crippen molar-refractivity contribution < 1.29 is 4.52 Å². The second kappa shape index (κ2) is 6.43. The van der Waals surface area contributed by atoms with E-state index < -0.39 is 0 Å². The van der Waals surface area contributed by atoms with Gasteiger partial charge >= 0.3 is 0 Å². The van der Waals surface area contributed by atoms with Crippen LogP contribution in [0.3, 0.4) is 0 Å². The van der Waals surface area contributed by atoms with E-state index in [1.807, 2.05) is 17.8 Å². The van der Waals surface area contributed by atoms with Gasteiger partial charge in [0.15, 0.2) is 0 Å². The minimum atomic E-state index is 0.370. The Balaban J connectivity index is 1.78. The molecule has 0 bridgehead atoms. The number of aryl methyl sites for hydroxylation is 2. The molecule has 2 aromatic heterocycles. The van der Waals surface area contributed by atoms with Gasteiger partial charge in [-0.15, -0.1) is 0 Å². The van der Waals surface area contributed by atoms with Crippen LogP contribution in [0.1, 0.15) is 55.7 Å². The summed E-state index contributed by atoms with van der Waals surface area (Å²) >= 11 is 0. The lowest BCUT2D eigenvalue weighted by molar-refractivity contribution is 0.183. The molecule has 5 heteroatoms. The summed E-state index contributed by atoms with van der Waals surface area (Å²) < 4.78 is 7.27. The van der Waals surface area contributed by atoms with E-state index in [1.54, 1.807) is 0 Å². The Morgan fingerprint density at radius 1 is 1.33 bits per heavy atom. The Labute approximate surface area is 125 Å². The minimum absolute atomic E-state index is 0.370. The van der Waals surface area contributed by atoms with Crippen molar-refractivity contribution in [1.82, 2.24) is 19.8 Å². The van der Waals surface area contributed by atoms with Crippen LogP contribution in [0, 0.1) is 6.92 Å². The van der Waals surface area contributed by atoms with Gasteiger partial charge in [0.25, 0.3) is 0 Å². The normalized spacial score (nSPS) is 20.6. The third kappa shape index (κ3) is 3.35. The fraction of sp³-hybridized carbons (Fsp3) is 0.625. The van der Waals surface area contributed by atoms with Gasteiger partial charge in [-0.1, -0.05) is 18.0 Å². The van der Waals surface area contributed by atoms with E-state index in [2.05, 4.69) is 34.3 Å². The lowest BCUT2D eigenvalue weighted by Gasteiger charge is -2.27. The molecule has 1 aliphatic heterocycles. The number of aromatic nitrogens is 3. The van der Waals surface area contributed by atoms with Crippen molar-refractivity contribution in [3.63, 3.8) is 0 Å². The van der Waals surface area contributed by atoms with E-state index in [9.17, 15) is 0 Å². The Morgan fingerprint density at radius 3 is 2.95 bits per heavy atom. The minimum Gasteiger partial charge on any atom is -0.361 e. The van der Waals surface area contributed by atoms with Crippen molar-refractivity contribution >= 4 is 0 Å². The van der Waals surface area contributed by atoms with Crippen LogP contribution in [-0.2, 0) is 13.1 Å². The Hall–Kier alpha value is -1.62. The van der Waals surface area contributed by atoms with E-state index in [-0.39, 0.29) is 0 Å². The predicted molar refractivity (Wildman–Crippen MR) is 80.8 cm³/mol. The lowest BCUT2D eigenvalue weighted by Crippen LogP contribution is -2.28. The van der Waals surface area contributed by atoms with Crippen molar-refractivity contribution in [1.29, 1.82) is 0 Å². The van der Waals surface area contributed by atoms with E-state index in [0.29, 0.717) is 6.04 Å². The molecular formula is C16H24N4O. The molecule has 2 aromatic rings. The molecule has 1 atom stereocenters. The van der Waals surface area contributed by atoms with Crippen LogP contribution in [-0.4, -0.2) is 26.4 Å². The highest BCUT2D eigenvalue weighted by molar-refractivity contribution is 5.11. The first-order valence-corrected chi connectivity index (χ1v) is 7.95. The Kier molecular flexibility index (Phi) is 4.39. The maximum atomic E-state index is 5.29. The highest BCUT2D eigenvalue weighted by Gasteiger charge is 2.25. The van der Waals surface area contributed by atoms with E-state index in [1.165, 1.54) is 24.8 Å². The molecule has 1 aliphatic rings.